The van der Waals surface area contributed by atoms with Crippen molar-refractivity contribution in [1.82, 2.24) is 10.2 Å². The second-order valence-corrected chi connectivity index (χ2v) is 8.02. The second-order valence-electron chi connectivity index (χ2n) is 8.02. The molecule has 0 bridgehead atoms. The van der Waals surface area contributed by atoms with Crippen molar-refractivity contribution in [3.05, 3.63) is 65.5 Å². The average Bonchev–Trinajstić information content (AvgIpc) is 2.84. The van der Waals surface area contributed by atoms with Gasteiger partial charge < -0.3 is 19.7 Å². The van der Waals surface area contributed by atoms with Crippen molar-refractivity contribution in [3.63, 3.8) is 0 Å². The molecule has 0 saturated heterocycles. The highest BCUT2D eigenvalue weighted by atomic mass is 19.1. The first kappa shape index (κ1) is 26.4. The van der Waals surface area contributed by atoms with Crippen molar-refractivity contribution in [2.24, 2.45) is 0 Å². The molecule has 0 radical (unpaired) electrons. The highest BCUT2D eigenvalue weighted by Gasteiger charge is 2.08. The summed E-state index contributed by atoms with van der Waals surface area (Å²) in [6.45, 7) is 5.77. The van der Waals surface area contributed by atoms with Gasteiger partial charge in [0, 0.05) is 19.2 Å². The Balaban J connectivity index is 1.78. The van der Waals surface area contributed by atoms with Crippen LogP contribution in [0, 0.1) is 5.82 Å². The van der Waals surface area contributed by atoms with Crippen molar-refractivity contribution in [2.75, 3.05) is 40.4 Å². The Kier molecular flexibility index (Phi) is 12.0. The molecule has 5 nitrogen and oxygen atoms in total. The number of hydrogen-bond acceptors (Lipinski definition) is 4. The predicted octanol–water partition coefficient (Wildman–Crippen LogP) is 5.10. The zero-order valence-electron chi connectivity index (χ0n) is 20.1. The van der Waals surface area contributed by atoms with Gasteiger partial charge in [-0.25, -0.2) is 4.39 Å². The summed E-state index contributed by atoms with van der Waals surface area (Å²) in [4.78, 5) is 14.5. The third-order valence-corrected chi connectivity index (χ3v) is 5.49. The lowest BCUT2D eigenvalue weighted by Crippen LogP contribution is -2.31. The minimum Gasteiger partial charge on any atom is -0.493 e. The molecule has 2 aromatic carbocycles. The molecule has 33 heavy (non-hydrogen) atoms. The van der Waals surface area contributed by atoms with E-state index in [1.165, 1.54) is 43.0 Å². The van der Waals surface area contributed by atoms with Gasteiger partial charge in [0.25, 0.3) is 0 Å². The summed E-state index contributed by atoms with van der Waals surface area (Å²) >= 11 is 0. The third kappa shape index (κ3) is 10.1. The van der Waals surface area contributed by atoms with E-state index in [9.17, 15) is 9.18 Å². The Hall–Kier alpha value is -2.86. The monoisotopic (exact) mass is 456 g/mol. The molecule has 0 atom stereocenters. The molecule has 0 fully saturated rings. The fourth-order valence-corrected chi connectivity index (χ4v) is 3.56. The number of ether oxygens (including phenoxy) is 2. The SMILES string of the molecule is CCCCCN(CCCNC(=O)/C=C/c1ccc(F)cc1)CCc1ccc(OC)c(OC)c1. The van der Waals surface area contributed by atoms with Crippen molar-refractivity contribution >= 4 is 12.0 Å². The van der Waals surface area contributed by atoms with E-state index in [1.54, 1.807) is 32.4 Å². The van der Waals surface area contributed by atoms with Crippen LogP contribution in [0.5, 0.6) is 11.5 Å². The number of rotatable bonds is 15. The van der Waals surface area contributed by atoms with Crippen LogP contribution in [0.4, 0.5) is 4.39 Å². The van der Waals surface area contributed by atoms with Gasteiger partial charge in [0.15, 0.2) is 11.5 Å². The van der Waals surface area contributed by atoms with Gasteiger partial charge in [0.05, 0.1) is 14.2 Å². The molecule has 0 aliphatic heterocycles. The number of nitrogens with zero attached hydrogens (tertiary/aromatic N) is 1. The molecule has 1 N–H and O–H groups in total. The van der Waals surface area contributed by atoms with Gasteiger partial charge in [0.2, 0.25) is 5.91 Å². The summed E-state index contributed by atoms with van der Waals surface area (Å²) in [5.41, 5.74) is 2.01. The summed E-state index contributed by atoms with van der Waals surface area (Å²) in [5.74, 6) is 1.07. The average molecular weight is 457 g/mol. The molecule has 2 rings (SSSR count). The van der Waals surface area contributed by atoms with Crippen molar-refractivity contribution in [3.8, 4) is 11.5 Å². The van der Waals surface area contributed by atoms with Crippen LogP contribution < -0.4 is 14.8 Å². The number of carbonyl (C=O) groups is 1. The Morgan fingerprint density at radius 2 is 1.70 bits per heavy atom. The number of unbranched alkanes of at least 4 members (excludes halogenated alkanes) is 2. The Bertz CT molecular complexity index is 868. The van der Waals surface area contributed by atoms with Gasteiger partial charge in [0.1, 0.15) is 5.82 Å². The molecule has 0 spiro atoms. The third-order valence-electron chi connectivity index (χ3n) is 5.49. The van der Waals surface area contributed by atoms with Gasteiger partial charge in [-0.05, 0) is 73.8 Å². The van der Waals surface area contributed by atoms with Crippen molar-refractivity contribution < 1.29 is 18.7 Å². The first-order chi connectivity index (χ1) is 16.0. The molecule has 0 heterocycles. The standard InChI is InChI=1S/C27H37FN2O3/c1-4-5-6-18-30(20-16-23-10-14-25(32-2)26(21-23)33-3)19-7-17-29-27(31)15-11-22-8-12-24(28)13-9-22/h8-15,21H,4-7,16-20H2,1-3H3,(H,29,31)/b15-11+. The van der Waals surface area contributed by atoms with Crippen LogP contribution in [-0.2, 0) is 11.2 Å². The number of nitrogens with one attached hydrogen (secondary N) is 1. The molecular formula is C27H37FN2O3. The zero-order valence-corrected chi connectivity index (χ0v) is 20.1. The molecule has 0 aliphatic rings. The summed E-state index contributed by atoms with van der Waals surface area (Å²) < 4.78 is 23.7. The van der Waals surface area contributed by atoms with Crippen molar-refractivity contribution in [1.29, 1.82) is 0 Å². The van der Waals surface area contributed by atoms with E-state index in [0.29, 0.717) is 6.54 Å². The maximum absolute atomic E-state index is 13.0. The van der Waals surface area contributed by atoms with Gasteiger partial charge in [-0.1, -0.05) is 38.0 Å². The summed E-state index contributed by atoms with van der Waals surface area (Å²) in [7, 11) is 3.30. The number of methoxy groups -OCH3 is 2. The van der Waals surface area contributed by atoms with E-state index in [0.717, 1.165) is 49.5 Å². The van der Waals surface area contributed by atoms with Crippen LogP contribution >= 0.6 is 0 Å². The number of hydrogen-bond donors (Lipinski definition) is 1. The molecule has 2 aromatic rings. The summed E-state index contributed by atoms with van der Waals surface area (Å²) in [5, 5.41) is 2.93. The smallest absolute Gasteiger partial charge is 0.243 e. The highest BCUT2D eigenvalue weighted by Crippen LogP contribution is 2.27. The van der Waals surface area contributed by atoms with Crippen LogP contribution in [-0.4, -0.2) is 51.2 Å². The van der Waals surface area contributed by atoms with E-state index in [4.69, 9.17) is 9.47 Å². The van der Waals surface area contributed by atoms with Gasteiger partial charge >= 0.3 is 0 Å². The van der Waals surface area contributed by atoms with E-state index < -0.39 is 0 Å². The van der Waals surface area contributed by atoms with E-state index in [2.05, 4.69) is 23.2 Å². The molecular weight excluding hydrogens is 419 g/mol. The van der Waals surface area contributed by atoms with Gasteiger partial charge in [-0.3, -0.25) is 4.79 Å². The normalized spacial score (nSPS) is 11.2. The second kappa shape index (κ2) is 15.1. The largest absolute Gasteiger partial charge is 0.493 e. The molecule has 6 heteroatoms. The minimum absolute atomic E-state index is 0.137. The Morgan fingerprint density at radius 1 is 0.970 bits per heavy atom. The number of carbonyl (C=O) groups excluding carboxylic acids is 1. The van der Waals surface area contributed by atoms with Gasteiger partial charge in [-0.2, -0.15) is 0 Å². The van der Waals surface area contributed by atoms with Crippen molar-refractivity contribution in [2.45, 2.75) is 39.0 Å². The maximum Gasteiger partial charge on any atom is 0.243 e. The Morgan fingerprint density at radius 3 is 2.39 bits per heavy atom. The fourth-order valence-electron chi connectivity index (χ4n) is 3.56. The minimum atomic E-state index is -0.286. The number of halogens is 1. The van der Waals surface area contributed by atoms with E-state index in [-0.39, 0.29) is 11.7 Å². The van der Waals surface area contributed by atoms with E-state index in [1.807, 2.05) is 12.1 Å². The fraction of sp³-hybridized carbons (Fsp3) is 0.444. The molecule has 0 aliphatic carbocycles. The Labute approximate surface area is 197 Å². The maximum atomic E-state index is 13.0. The molecule has 1 amide bonds. The number of amides is 1. The lowest BCUT2D eigenvalue weighted by Gasteiger charge is -2.22. The molecule has 180 valence electrons. The number of benzene rings is 2. The van der Waals surface area contributed by atoms with E-state index >= 15 is 0 Å². The van der Waals surface area contributed by atoms with Crippen LogP contribution in [0.25, 0.3) is 6.08 Å². The van der Waals surface area contributed by atoms with Crippen LogP contribution in [0.1, 0.15) is 43.7 Å². The zero-order chi connectivity index (χ0) is 23.9. The first-order valence-corrected chi connectivity index (χ1v) is 11.7. The van der Waals surface area contributed by atoms with Crippen LogP contribution in [0.15, 0.2) is 48.5 Å². The topological polar surface area (TPSA) is 50.8 Å². The lowest BCUT2D eigenvalue weighted by molar-refractivity contribution is -0.116. The first-order valence-electron chi connectivity index (χ1n) is 11.7. The summed E-state index contributed by atoms with van der Waals surface area (Å²) in [6, 6.07) is 12.1. The predicted molar refractivity (Wildman–Crippen MR) is 132 cm³/mol. The van der Waals surface area contributed by atoms with Crippen LogP contribution in [0.2, 0.25) is 0 Å². The quantitative estimate of drug-likeness (QED) is 0.299. The molecule has 0 unspecified atom stereocenters. The van der Waals surface area contributed by atoms with Crippen LogP contribution in [0.3, 0.4) is 0 Å². The lowest BCUT2D eigenvalue weighted by atomic mass is 10.1. The van der Waals surface area contributed by atoms with Gasteiger partial charge in [-0.15, -0.1) is 0 Å². The molecule has 0 saturated carbocycles. The summed E-state index contributed by atoms with van der Waals surface area (Å²) in [6.07, 6.45) is 8.58. The molecule has 0 aromatic heterocycles. The highest BCUT2D eigenvalue weighted by molar-refractivity contribution is 5.91.